The summed E-state index contributed by atoms with van der Waals surface area (Å²) in [6.45, 7) is -0.751. The summed E-state index contributed by atoms with van der Waals surface area (Å²) in [6, 6.07) is 0. The first-order chi connectivity index (χ1) is 6.41. The molecule has 1 rings (SSSR count). The summed E-state index contributed by atoms with van der Waals surface area (Å²) < 4.78 is 35.4. The van der Waals surface area contributed by atoms with E-state index >= 15 is 0 Å². The summed E-state index contributed by atoms with van der Waals surface area (Å²) in [5.74, 6) is -0.546. The second-order valence-corrected chi connectivity index (χ2v) is 3.43. The minimum atomic E-state index is -4.66. The summed E-state index contributed by atoms with van der Waals surface area (Å²) >= 11 is 0. The molecule has 1 fully saturated rings. The monoisotopic (exact) mass is 211 g/mol. The van der Waals surface area contributed by atoms with Crippen LogP contribution in [-0.2, 0) is 4.79 Å². The third-order valence-corrected chi connectivity index (χ3v) is 2.32. The highest BCUT2D eigenvalue weighted by molar-refractivity contribution is 5.79. The van der Waals surface area contributed by atoms with E-state index in [1.165, 1.54) is 0 Å². The van der Waals surface area contributed by atoms with Crippen molar-refractivity contribution >= 4 is 5.91 Å². The SMILES string of the molecule is O=C(NCC(O)C(F)(F)F)C1CCC1. The molecule has 1 aliphatic rings. The number of nitrogens with one attached hydrogen (secondary N) is 1. The summed E-state index contributed by atoms with van der Waals surface area (Å²) in [5, 5.41) is 10.6. The Morgan fingerprint density at radius 2 is 2.07 bits per heavy atom. The lowest BCUT2D eigenvalue weighted by molar-refractivity contribution is -0.202. The first kappa shape index (κ1) is 11.3. The molecule has 82 valence electrons. The van der Waals surface area contributed by atoms with Crippen LogP contribution in [0.2, 0.25) is 0 Å². The van der Waals surface area contributed by atoms with Gasteiger partial charge in [0.1, 0.15) is 0 Å². The number of amides is 1. The Hall–Kier alpha value is -0.780. The molecule has 3 nitrogen and oxygen atoms in total. The smallest absolute Gasteiger partial charge is 0.382 e. The molecule has 1 atom stereocenters. The molecule has 14 heavy (non-hydrogen) atoms. The Morgan fingerprint density at radius 1 is 1.50 bits per heavy atom. The predicted octanol–water partition coefficient (Wildman–Crippen LogP) is 0.826. The summed E-state index contributed by atoms with van der Waals surface area (Å²) in [7, 11) is 0. The highest BCUT2D eigenvalue weighted by Gasteiger charge is 2.38. The lowest BCUT2D eigenvalue weighted by Gasteiger charge is -2.25. The van der Waals surface area contributed by atoms with Crippen molar-refractivity contribution in [3.8, 4) is 0 Å². The fourth-order valence-electron chi connectivity index (χ4n) is 1.13. The van der Waals surface area contributed by atoms with Crippen LogP contribution in [0.15, 0.2) is 0 Å². The average molecular weight is 211 g/mol. The van der Waals surface area contributed by atoms with E-state index in [1.54, 1.807) is 0 Å². The molecule has 1 saturated carbocycles. The second-order valence-electron chi connectivity index (χ2n) is 3.43. The van der Waals surface area contributed by atoms with Crippen molar-refractivity contribution in [2.24, 2.45) is 5.92 Å². The van der Waals surface area contributed by atoms with Crippen molar-refractivity contribution in [1.29, 1.82) is 0 Å². The quantitative estimate of drug-likeness (QED) is 0.726. The zero-order chi connectivity index (χ0) is 10.8. The third-order valence-electron chi connectivity index (χ3n) is 2.32. The second kappa shape index (κ2) is 4.16. The van der Waals surface area contributed by atoms with Crippen molar-refractivity contribution in [3.63, 3.8) is 0 Å². The molecule has 0 aromatic carbocycles. The maximum absolute atomic E-state index is 11.8. The van der Waals surface area contributed by atoms with Crippen LogP contribution in [0.25, 0.3) is 0 Å². The number of hydrogen-bond acceptors (Lipinski definition) is 2. The zero-order valence-corrected chi connectivity index (χ0v) is 7.47. The molecule has 0 aliphatic heterocycles. The Balaban J connectivity index is 2.22. The zero-order valence-electron chi connectivity index (χ0n) is 7.47. The fraction of sp³-hybridized carbons (Fsp3) is 0.875. The first-order valence-electron chi connectivity index (χ1n) is 4.43. The van der Waals surface area contributed by atoms with Gasteiger partial charge >= 0.3 is 6.18 Å². The van der Waals surface area contributed by atoms with Gasteiger partial charge < -0.3 is 10.4 Å². The van der Waals surface area contributed by atoms with E-state index in [9.17, 15) is 18.0 Å². The Bertz CT molecular complexity index is 213. The van der Waals surface area contributed by atoms with Crippen LogP contribution in [0.3, 0.4) is 0 Å². The van der Waals surface area contributed by atoms with E-state index in [1.807, 2.05) is 0 Å². The van der Waals surface area contributed by atoms with Gasteiger partial charge in [-0.25, -0.2) is 0 Å². The van der Waals surface area contributed by atoms with Gasteiger partial charge in [-0.2, -0.15) is 13.2 Å². The van der Waals surface area contributed by atoms with Gasteiger partial charge in [-0.15, -0.1) is 0 Å². The Morgan fingerprint density at radius 3 is 2.43 bits per heavy atom. The van der Waals surface area contributed by atoms with Crippen molar-refractivity contribution in [2.45, 2.75) is 31.5 Å². The Labute approximate surface area is 79.3 Å². The highest BCUT2D eigenvalue weighted by atomic mass is 19.4. The standard InChI is InChI=1S/C8H12F3NO2/c9-8(10,11)6(13)4-12-7(14)5-2-1-3-5/h5-6,13H,1-4H2,(H,12,14). The molecule has 0 bridgehead atoms. The number of alkyl halides is 3. The molecule has 1 amide bonds. The van der Waals surface area contributed by atoms with Crippen LogP contribution in [0.5, 0.6) is 0 Å². The van der Waals surface area contributed by atoms with Gasteiger partial charge in [-0.1, -0.05) is 6.42 Å². The van der Waals surface area contributed by atoms with Gasteiger partial charge in [0, 0.05) is 5.92 Å². The maximum Gasteiger partial charge on any atom is 0.416 e. The maximum atomic E-state index is 11.8. The van der Waals surface area contributed by atoms with Crippen molar-refractivity contribution in [1.82, 2.24) is 5.32 Å². The van der Waals surface area contributed by atoms with Crippen molar-refractivity contribution in [2.75, 3.05) is 6.54 Å². The molecule has 0 aromatic rings. The number of aliphatic hydroxyl groups excluding tert-OH is 1. The van der Waals surface area contributed by atoms with Gasteiger partial charge in [0.15, 0.2) is 6.10 Å². The summed E-state index contributed by atoms with van der Waals surface area (Å²) in [4.78, 5) is 11.1. The molecule has 0 aromatic heterocycles. The minimum Gasteiger partial charge on any atom is -0.382 e. The van der Waals surface area contributed by atoms with Crippen LogP contribution in [0.4, 0.5) is 13.2 Å². The fourth-order valence-corrected chi connectivity index (χ4v) is 1.13. The van der Waals surface area contributed by atoms with Gasteiger partial charge in [-0.05, 0) is 12.8 Å². The molecule has 0 heterocycles. The van der Waals surface area contributed by atoms with Crippen LogP contribution in [0.1, 0.15) is 19.3 Å². The molecule has 0 radical (unpaired) electrons. The molecular formula is C8H12F3NO2. The topological polar surface area (TPSA) is 49.3 Å². The summed E-state index contributed by atoms with van der Waals surface area (Å²) in [5.41, 5.74) is 0. The molecule has 0 spiro atoms. The largest absolute Gasteiger partial charge is 0.416 e. The molecule has 0 saturated heterocycles. The van der Waals surface area contributed by atoms with E-state index in [0.29, 0.717) is 0 Å². The van der Waals surface area contributed by atoms with E-state index in [2.05, 4.69) is 5.32 Å². The van der Waals surface area contributed by atoms with Crippen LogP contribution in [-0.4, -0.2) is 29.8 Å². The molecule has 1 aliphatic carbocycles. The average Bonchev–Trinajstić information content (AvgIpc) is 1.94. The number of halogens is 3. The number of rotatable bonds is 3. The number of carbonyl (C=O) groups is 1. The summed E-state index contributed by atoms with van der Waals surface area (Å²) in [6.07, 6.45) is -4.72. The third kappa shape index (κ3) is 2.87. The first-order valence-corrected chi connectivity index (χ1v) is 4.43. The number of carbonyl (C=O) groups excluding carboxylic acids is 1. The van der Waals surface area contributed by atoms with Gasteiger partial charge in [0.2, 0.25) is 5.91 Å². The molecular weight excluding hydrogens is 199 g/mol. The minimum absolute atomic E-state index is 0.157. The molecule has 1 unspecified atom stereocenters. The normalized spacial score (nSPS) is 20.0. The van der Waals surface area contributed by atoms with Crippen molar-refractivity contribution in [3.05, 3.63) is 0 Å². The van der Waals surface area contributed by atoms with Gasteiger partial charge in [0.05, 0.1) is 6.54 Å². The van der Waals surface area contributed by atoms with Crippen LogP contribution < -0.4 is 5.32 Å². The van der Waals surface area contributed by atoms with Gasteiger partial charge in [0.25, 0.3) is 0 Å². The molecule has 2 N–H and O–H groups in total. The van der Waals surface area contributed by atoms with Crippen molar-refractivity contribution < 1.29 is 23.1 Å². The van der Waals surface area contributed by atoms with E-state index in [4.69, 9.17) is 5.11 Å². The van der Waals surface area contributed by atoms with Crippen LogP contribution in [0, 0.1) is 5.92 Å². The predicted molar refractivity (Wildman–Crippen MR) is 42.4 cm³/mol. The van der Waals surface area contributed by atoms with Gasteiger partial charge in [-0.3, -0.25) is 4.79 Å². The van der Waals surface area contributed by atoms with E-state index < -0.39 is 18.8 Å². The number of hydrogen-bond donors (Lipinski definition) is 2. The lowest BCUT2D eigenvalue weighted by Crippen LogP contribution is -2.43. The number of aliphatic hydroxyl groups is 1. The van der Waals surface area contributed by atoms with E-state index in [0.717, 1.165) is 19.3 Å². The highest BCUT2D eigenvalue weighted by Crippen LogP contribution is 2.26. The molecule has 6 heteroatoms. The lowest BCUT2D eigenvalue weighted by atomic mass is 9.85. The van der Waals surface area contributed by atoms with Crippen LogP contribution >= 0.6 is 0 Å². The van der Waals surface area contributed by atoms with E-state index in [-0.39, 0.29) is 11.8 Å². The Kier molecular flexibility index (Phi) is 3.36.